The number of hydrogen-bond donors (Lipinski definition) is 1. The molecule has 27 heavy (non-hydrogen) atoms. The highest BCUT2D eigenvalue weighted by atomic mass is 35.5. The normalized spacial score (nSPS) is 17.1. The Hall–Kier alpha value is -1.82. The van der Waals surface area contributed by atoms with Crippen LogP contribution in [0.1, 0.15) is 31.1 Å². The minimum atomic E-state index is 0.0690. The van der Waals surface area contributed by atoms with E-state index in [1.807, 2.05) is 12.1 Å². The molecule has 1 atom stereocenters. The molecule has 1 aliphatic rings. The highest BCUT2D eigenvalue weighted by Gasteiger charge is 2.29. The van der Waals surface area contributed by atoms with Gasteiger partial charge in [0.1, 0.15) is 0 Å². The molecule has 0 radical (unpaired) electrons. The first-order valence-corrected chi connectivity index (χ1v) is 10.1. The summed E-state index contributed by atoms with van der Waals surface area (Å²) in [6.07, 6.45) is 2.11. The lowest BCUT2D eigenvalue weighted by molar-refractivity contribution is -0.122. The zero-order valence-corrected chi connectivity index (χ0v) is 17.0. The fourth-order valence-electron chi connectivity index (χ4n) is 3.76. The molecule has 0 saturated heterocycles. The quantitative estimate of drug-likeness (QED) is 0.755. The van der Waals surface area contributed by atoms with Gasteiger partial charge in [0, 0.05) is 43.1 Å². The molecule has 1 aliphatic heterocycles. The van der Waals surface area contributed by atoms with Crippen LogP contribution in [0.2, 0.25) is 5.02 Å². The summed E-state index contributed by atoms with van der Waals surface area (Å²) in [5.41, 5.74) is 2.38. The smallest absolute Gasteiger partial charge is 0.234 e. The summed E-state index contributed by atoms with van der Waals surface area (Å²) in [4.78, 5) is 17.1. The Morgan fingerprint density at radius 3 is 2.63 bits per heavy atom. The minimum absolute atomic E-state index is 0.0690. The van der Waals surface area contributed by atoms with Crippen molar-refractivity contribution in [3.05, 3.63) is 58.9 Å². The maximum atomic E-state index is 12.6. The van der Waals surface area contributed by atoms with Crippen LogP contribution in [0.4, 0.5) is 0 Å². The number of hydrogen-bond acceptors (Lipinski definition) is 3. The van der Waals surface area contributed by atoms with Gasteiger partial charge in [0.25, 0.3) is 0 Å². The molecule has 1 aromatic carbocycles. The molecule has 3 rings (SSSR count). The molecule has 1 N–H and O–H groups in total. The van der Waals surface area contributed by atoms with Crippen molar-refractivity contribution in [1.29, 1.82) is 0 Å². The Morgan fingerprint density at radius 2 is 1.93 bits per heavy atom. The van der Waals surface area contributed by atoms with Crippen LogP contribution in [-0.2, 0) is 11.3 Å². The average molecular weight is 389 g/mol. The lowest BCUT2D eigenvalue weighted by Crippen LogP contribution is -2.45. The van der Waals surface area contributed by atoms with Gasteiger partial charge in [-0.05, 0) is 42.9 Å². The number of amides is 1. The van der Waals surface area contributed by atoms with E-state index in [-0.39, 0.29) is 11.9 Å². The second-order valence-electron chi connectivity index (χ2n) is 6.93. The monoisotopic (exact) mass is 388 g/mol. The first kappa shape index (κ1) is 19.9. The number of rotatable bonds is 8. The largest absolute Gasteiger partial charge is 0.354 e. The summed E-state index contributed by atoms with van der Waals surface area (Å²) in [7, 11) is 0. The van der Waals surface area contributed by atoms with E-state index in [1.165, 1.54) is 5.69 Å². The van der Waals surface area contributed by atoms with Crippen molar-refractivity contribution in [1.82, 2.24) is 19.7 Å². The molecule has 2 heterocycles. The fourth-order valence-corrected chi connectivity index (χ4v) is 3.89. The number of nitrogens with one attached hydrogen (secondary N) is 1. The Bertz CT molecular complexity index is 739. The number of carbonyl (C=O) groups excluding carboxylic acids is 1. The number of aromatic nitrogens is 1. The number of carbonyl (C=O) groups is 1. The maximum absolute atomic E-state index is 12.6. The molecular weight excluding hydrogens is 360 g/mol. The predicted molar refractivity (Wildman–Crippen MR) is 110 cm³/mol. The van der Waals surface area contributed by atoms with Gasteiger partial charge in [0.05, 0.1) is 12.6 Å². The molecule has 0 saturated carbocycles. The van der Waals surface area contributed by atoms with Gasteiger partial charge in [-0.2, -0.15) is 0 Å². The van der Waals surface area contributed by atoms with Gasteiger partial charge in [-0.3, -0.25) is 9.69 Å². The first-order valence-electron chi connectivity index (χ1n) is 9.76. The third-order valence-corrected chi connectivity index (χ3v) is 5.57. The molecule has 0 fully saturated rings. The lowest BCUT2D eigenvalue weighted by atomic mass is 10.00. The highest BCUT2D eigenvalue weighted by Crippen LogP contribution is 2.32. The molecule has 1 aromatic heterocycles. The van der Waals surface area contributed by atoms with Crippen molar-refractivity contribution in [3.63, 3.8) is 0 Å². The number of likely N-dealkylation sites (N-methyl/N-ethyl adjacent to an activating group) is 1. The second kappa shape index (κ2) is 9.40. The maximum Gasteiger partial charge on any atom is 0.234 e. The van der Waals surface area contributed by atoms with Gasteiger partial charge in [-0.25, -0.2) is 0 Å². The summed E-state index contributed by atoms with van der Waals surface area (Å²) in [5.74, 6) is 0.0844. The van der Waals surface area contributed by atoms with Crippen LogP contribution in [0.25, 0.3) is 0 Å². The zero-order valence-electron chi connectivity index (χ0n) is 16.2. The van der Waals surface area contributed by atoms with Crippen LogP contribution in [-0.4, -0.2) is 59.5 Å². The van der Waals surface area contributed by atoms with Gasteiger partial charge in [0.2, 0.25) is 5.91 Å². The molecule has 2 aromatic rings. The summed E-state index contributed by atoms with van der Waals surface area (Å²) in [6.45, 7) is 10.0. The van der Waals surface area contributed by atoms with Gasteiger partial charge in [-0.15, -0.1) is 0 Å². The van der Waals surface area contributed by atoms with Crippen molar-refractivity contribution in [2.24, 2.45) is 0 Å². The molecule has 5 nitrogen and oxygen atoms in total. The van der Waals surface area contributed by atoms with E-state index in [9.17, 15) is 4.79 Å². The zero-order chi connectivity index (χ0) is 19.2. The topological polar surface area (TPSA) is 40.5 Å². The van der Waals surface area contributed by atoms with Crippen molar-refractivity contribution in [2.45, 2.75) is 26.4 Å². The van der Waals surface area contributed by atoms with Crippen molar-refractivity contribution in [3.8, 4) is 0 Å². The Labute approximate surface area is 166 Å². The van der Waals surface area contributed by atoms with E-state index in [1.54, 1.807) is 0 Å². The first-order chi connectivity index (χ1) is 13.1. The van der Waals surface area contributed by atoms with Crippen LogP contribution >= 0.6 is 11.6 Å². The molecule has 0 bridgehead atoms. The number of benzene rings is 1. The van der Waals surface area contributed by atoms with Gasteiger partial charge < -0.3 is 14.8 Å². The van der Waals surface area contributed by atoms with Crippen molar-refractivity contribution < 1.29 is 4.79 Å². The van der Waals surface area contributed by atoms with Crippen molar-refractivity contribution >= 4 is 17.5 Å². The second-order valence-corrected chi connectivity index (χ2v) is 7.36. The lowest BCUT2D eigenvalue weighted by Gasteiger charge is -2.37. The minimum Gasteiger partial charge on any atom is -0.354 e. The van der Waals surface area contributed by atoms with E-state index in [0.717, 1.165) is 43.3 Å². The van der Waals surface area contributed by atoms with Crippen LogP contribution in [0.5, 0.6) is 0 Å². The van der Waals surface area contributed by atoms with Crippen molar-refractivity contribution in [2.75, 3.05) is 39.3 Å². The molecule has 0 aliphatic carbocycles. The van der Waals surface area contributed by atoms with Gasteiger partial charge in [-0.1, -0.05) is 37.6 Å². The summed E-state index contributed by atoms with van der Waals surface area (Å²) in [5, 5.41) is 3.81. The van der Waals surface area contributed by atoms with Crippen LogP contribution in [0, 0.1) is 0 Å². The third kappa shape index (κ3) is 4.92. The third-order valence-electron chi connectivity index (χ3n) is 5.32. The van der Waals surface area contributed by atoms with Crippen LogP contribution in [0.15, 0.2) is 42.6 Å². The van der Waals surface area contributed by atoms with E-state index in [2.05, 4.69) is 64.0 Å². The number of nitrogens with zero attached hydrogens (tertiary/aromatic N) is 3. The average Bonchev–Trinajstić information content (AvgIpc) is 3.15. The summed E-state index contributed by atoms with van der Waals surface area (Å²) >= 11 is 6.07. The van der Waals surface area contributed by atoms with E-state index < -0.39 is 0 Å². The summed E-state index contributed by atoms with van der Waals surface area (Å²) in [6, 6.07) is 12.2. The molecule has 0 unspecified atom stereocenters. The molecule has 1 amide bonds. The molecule has 6 heteroatoms. The van der Waals surface area contributed by atoms with E-state index >= 15 is 0 Å². The van der Waals surface area contributed by atoms with Crippen LogP contribution < -0.4 is 5.32 Å². The van der Waals surface area contributed by atoms with Crippen LogP contribution in [0.3, 0.4) is 0 Å². The molecule has 0 spiro atoms. The Morgan fingerprint density at radius 1 is 1.19 bits per heavy atom. The Kier molecular flexibility index (Phi) is 6.94. The highest BCUT2D eigenvalue weighted by molar-refractivity contribution is 6.30. The standard InChI is InChI=1S/C21H29ClN4O/c1-3-24(4-2)13-11-23-20(27)16-26-15-14-25-12-5-6-19(25)21(26)17-7-9-18(22)10-8-17/h5-10,12,21H,3-4,11,13-16H2,1-2H3,(H,23,27)/t21-/m1/s1. The van der Waals surface area contributed by atoms with E-state index in [4.69, 9.17) is 11.6 Å². The predicted octanol–water partition coefficient (Wildman–Crippen LogP) is 3.00. The Balaban J connectivity index is 1.68. The van der Waals surface area contributed by atoms with Gasteiger partial charge >= 0.3 is 0 Å². The molecular formula is C21H29ClN4O. The SMILES string of the molecule is CCN(CC)CCNC(=O)CN1CCn2cccc2[C@H]1c1ccc(Cl)cc1. The van der Waals surface area contributed by atoms with E-state index in [0.29, 0.717) is 13.1 Å². The summed E-state index contributed by atoms with van der Waals surface area (Å²) < 4.78 is 2.27. The fraction of sp³-hybridized carbons (Fsp3) is 0.476. The molecule has 146 valence electrons. The van der Waals surface area contributed by atoms with Gasteiger partial charge in [0.15, 0.2) is 0 Å². The number of fused-ring (bicyclic) bond motifs is 1. The number of halogens is 1.